The van der Waals surface area contributed by atoms with Crippen molar-refractivity contribution >= 4 is 11.8 Å². The number of aromatic nitrogens is 2. The molecule has 3 heteroatoms. The third-order valence-corrected chi connectivity index (χ3v) is 3.16. The topological polar surface area (TPSA) is 8.81 Å². The molecular formula is C12H23N2S+. The molecule has 0 fully saturated rings. The van der Waals surface area contributed by atoms with E-state index in [2.05, 4.69) is 41.0 Å². The van der Waals surface area contributed by atoms with Gasteiger partial charge < -0.3 is 0 Å². The molecule has 0 aliphatic carbocycles. The molecule has 0 amide bonds. The fourth-order valence-corrected chi connectivity index (χ4v) is 2.01. The SMILES string of the molecule is CCCCCC[n+]1ccn(CCSC)c1. The number of rotatable bonds is 8. The molecule has 0 N–H and O–H groups in total. The minimum Gasteiger partial charge on any atom is -0.237 e. The van der Waals surface area contributed by atoms with Crippen molar-refractivity contribution in [3.63, 3.8) is 0 Å². The predicted octanol–water partition coefficient (Wildman–Crippen LogP) is 2.72. The van der Waals surface area contributed by atoms with Crippen molar-refractivity contribution < 1.29 is 4.57 Å². The zero-order valence-electron chi connectivity index (χ0n) is 9.98. The van der Waals surface area contributed by atoms with Crippen LogP contribution in [0.25, 0.3) is 0 Å². The van der Waals surface area contributed by atoms with E-state index in [1.165, 1.54) is 38.0 Å². The van der Waals surface area contributed by atoms with Crippen LogP contribution < -0.4 is 4.57 Å². The third-order valence-electron chi connectivity index (χ3n) is 2.57. The Labute approximate surface area is 97.7 Å². The van der Waals surface area contributed by atoms with Crippen LogP contribution in [0.1, 0.15) is 32.6 Å². The molecule has 0 saturated carbocycles. The van der Waals surface area contributed by atoms with Crippen LogP contribution in [0.15, 0.2) is 18.7 Å². The lowest BCUT2D eigenvalue weighted by molar-refractivity contribution is -0.696. The number of aryl methyl sites for hydroxylation is 2. The molecule has 1 heterocycles. The molecule has 0 aliphatic heterocycles. The summed E-state index contributed by atoms with van der Waals surface area (Å²) >= 11 is 1.90. The summed E-state index contributed by atoms with van der Waals surface area (Å²) in [6, 6.07) is 0. The molecule has 2 nitrogen and oxygen atoms in total. The van der Waals surface area contributed by atoms with Gasteiger partial charge in [-0.3, -0.25) is 0 Å². The molecule has 0 aliphatic rings. The number of thioether (sulfide) groups is 1. The predicted molar refractivity (Wildman–Crippen MR) is 67.2 cm³/mol. The first kappa shape index (κ1) is 12.6. The molecule has 0 bridgehead atoms. The highest BCUT2D eigenvalue weighted by molar-refractivity contribution is 7.98. The van der Waals surface area contributed by atoms with Crippen molar-refractivity contribution in [3.8, 4) is 0 Å². The van der Waals surface area contributed by atoms with E-state index in [0.717, 1.165) is 6.54 Å². The average Bonchev–Trinajstić information content (AvgIpc) is 2.69. The Morgan fingerprint density at radius 3 is 2.87 bits per heavy atom. The summed E-state index contributed by atoms with van der Waals surface area (Å²) < 4.78 is 4.58. The van der Waals surface area contributed by atoms with Gasteiger partial charge in [-0.05, 0) is 19.1 Å². The molecule has 0 saturated heterocycles. The third kappa shape index (κ3) is 5.26. The summed E-state index contributed by atoms with van der Waals surface area (Å²) in [5, 5.41) is 0. The van der Waals surface area contributed by atoms with Crippen LogP contribution in [0.3, 0.4) is 0 Å². The molecular weight excluding hydrogens is 204 g/mol. The van der Waals surface area contributed by atoms with Crippen molar-refractivity contribution in [3.05, 3.63) is 18.7 Å². The number of hydrogen-bond acceptors (Lipinski definition) is 1. The zero-order valence-corrected chi connectivity index (χ0v) is 10.8. The summed E-state index contributed by atoms with van der Waals surface area (Å²) in [5.74, 6) is 1.20. The summed E-state index contributed by atoms with van der Waals surface area (Å²) in [5.41, 5.74) is 0. The van der Waals surface area contributed by atoms with Gasteiger partial charge in [0.1, 0.15) is 12.4 Å². The second kappa shape index (κ2) is 7.80. The van der Waals surface area contributed by atoms with Crippen LogP contribution in [-0.4, -0.2) is 16.6 Å². The largest absolute Gasteiger partial charge is 0.243 e. The fraction of sp³-hybridized carbons (Fsp3) is 0.750. The van der Waals surface area contributed by atoms with Crippen LogP contribution in [0.2, 0.25) is 0 Å². The molecule has 0 unspecified atom stereocenters. The number of unbranched alkanes of at least 4 members (excludes halogenated alkanes) is 3. The van der Waals surface area contributed by atoms with Gasteiger partial charge in [0.25, 0.3) is 0 Å². The van der Waals surface area contributed by atoms with E-state index in [4.69, 9.17) is 0 Å². The van der Waals surface area contributed by atoms with Crippen molar-refractivity contribution in [1.29, 1.82) is 0 Å². The highest BCUT2D eigenvalue weighted by Crippen LogP contribution is 1.99. The molecule has 0 radical (unpaired) electrons. The van der Waals surface area contributed by atoms with Gasteiger partial charge in [0.05, 0.1) is 13.1 Å². The standard InChI is InChI=1S/C12H23N2S/c1-3-4-5-6-7-13-8-9-14(12-13)10-11-15-2/h8-9,12H,3-7,10-11H2,1-2H3/q+1. The summed E-state index contributed by atoms with van der Waals surface area (Å²) in [6.07, 6.45) is 14.1. The maximum atomic E-state index is 2.30. The Kier molecular flexibility index (Phi) is 6.57. The van der Waals surface area contributed by atoms with Crippen molar-refractivity contribution in [2.75, 3.05) is 12.0 Å². The monoisotopic (exact) mass is 227 g/mol. The van der Waals surface area contributed by atoms with E-state index in [1.54, 1.807) is 0 Å². The van der Waals surface area contributed by atoms with Crippen molar-refractivity contribution in [2.45, 2.75) is 45.7 Å². The van der Waals surface area contributed by atoms with Crippen LogP contribution in [0.4, 0.5) is 0 Å². The van der Waals surface area contributed by atoms with E-state index < -0.39 is 0 Å². The molecule has 86 valence electrons. The highest BCUT2D eigenvalue weighted by atomic mass is 32.2. The lowest BCUT2D eigenvalue weighted by Crippen LogP contribution is -2.30. The maximum absolute atomic E-state index is 2.30. The summed E-state index contributed by atoms with van der Waals surface area (Å²) in [4.78, 5) is 0. The molecule has 0 atom stereocenters. The molecule has 1 aromatic heterocycles. The van der Waals surface area contributed by atoms with Gasteiger partial charge in [0, 0.05) is 5.75 Å². The van der Waals surface area contributed by atoms with Gasteiger partial charge in [-0.2, -0.15) is 11.8 Å². The Morgan fingerprint density at radius 2 is 2.13 bits per heavy atom. The Morgan fingerprint density at radius 1 is 1.27 bits per heavy atom. The van der Waals surface area contributed by atoms with Gasteiger partial charge in [0.15, 0.2) is 0 Å². The summed E-state index contributed by atoms with van der Waals surface area (Å²) in [7, 11) is 0. The molecule has 1 aromatic rings. The van der Waals surface area contributed by atoms with Crippen LogP contribution in [0.5, 0.6) is 0 Å². The normalized spacial score (nSPS) is 10.8. The van der Waals surface area contributed by atoms with E-state index in [0.29, 0.717) is 0 Å². The maximum Gasteiger partial charge on any atom is 0.243 e. The van der Waals surface area contributed by atoms with E-state index >= 15 is 0 Å². The van der Waals surface area contributed by atoms with Crippen molar-refractivity contribution in [1.82, 2.24) is 4.57 Å². The van der Waals surface area contributed by atoms with Gasteiger partial charge in [0.2, 0.25) is 6.33 Å². The molecule has 1 rings (SSSR count). The zero-order chi connectivity index (χ0) is 10.9. The first-order chi connectivity index (χ1) is 7.36. The molecule has 0 aromatic carbocycles. The first-order valence-corrected chi connectivity index (χ1v) is 7.30. The second-order valence-corrected chi connectivity index (χ2v) is 4.93. The Bertz CT molecular complexity index is 258. The molecule has 15 heavy (non-hydrogen) atoms. The molecule has 0 spiro atoms. The van der Waals surface area contributed by atoms with Gasteiger partial charge in [-0.25, -0.2) is 9.13 Å². The lowest BCUT2D eigenvalue weighted by Gasteiger charge is -1.96. The second-order valence-electron chi connectivity index (χ2n) is 3.94. The van der Waals surface area contributed by atoms with Gasteiger partial charge in [-0.15, -0.1) is 0 Å². The minimum atomic E-state index is 1.13. The highest BCUT2D eigenvalue weighted by Gasteiger charge is 2.02. The quantitative estimate of drug-likeness (QED) is 0.490. The summed E-state index contributed by atoms with van der Waals surface area (Å²) in [6.45, 7) is 4.56. The Hall–Kier alpha value is -0.440. The number of imidazole rings is 1. The Balaban J connectivity index is 2.20. The lowest BCUT2D eigenvalue weighted by atomic mass is 10.2. The van der Waals surface area contributed by atoms with E-state index in [-0.39, 0.29) is 0 Å². The van der Waals surface area contributed by atoms with Crippen LogP contribution in [-0.2, 0) is 13.1 Å². The number of hydrogen-bond donors (Lipinski definition) is 0. The first-order valence-electron chi connectivity index (χ1n) is 5.90. The van der Waals surface area contributed by atoms with E-state index in [9.17, 15) is 0 Å². The minimum absolute atomic E-state index is 1.13. The van der Waals surface area contributed by atoms with Crippen LogP contribution in [0, 0.1) is 0 Å². The number of nitrogens with zero attached hydrogens (tertiary/aromatic N) is 2. The van der Waals surface area contributed by atoms with Crippen molar-refractivity contribution in [2.24, 2.45) is 0 Å². The van der Waals surface area contributed by atoms with E-state index in [1.807, 2.05) is 11.8 Å². The average molecular weight is 227 g/mol. The fourth-order valence-electron chi connectivity index (χ4n) is 1.62. The van der Waals surface area contributed by atoms with Crippen LogP contribution >= 0.6 is 11.8 Å². The van der Waals surface area contributed by atoms with Gasteiger partial charge >= 0.3 is 0 Å². The smallest absolute Gasteiger partial charge is 0.237 e. The van der Waals surface area contributed by atoms with Gasteiger partial charge in [-0.1, -0.05) is 19.8 Å².